The molecule has 18 heavy (non-hydrogen) atoms. The van der Waals surface area contributed by atoms with E-state index >= 15 is 0 Å². The van der Waals surface area contributed by atoms with Crippen LogP contribution >= 0.6 is 0 Å². The second kappa shape index (κ2) is 3.99. The minimum Gasteiger partial charge on any atom is -0.368 e. The minimum atomic E-state index is 0.215. The standard InChI is InChI=1S/C12H12N6/c1-18(8-5-3-2-4-6-8)11-9-10(15-7-14-9)16-12(13)17-11/h2-7H,1H3,(H3,13,14,15,16,17). The van der Waals surface area contributed by atoms with Gasteiger partial charge in [0.25, 0.3) is 0 Å². The third-order valence-corrected chi connectivity index (χ3v) is 2.75. The molecule has 0 bridgehead atoms. The van der Waals surface area contributed by atoms with E-state index in [0.29, 0.717) is 11.5 Å². The maximum Gasteiger partial charge on any atom is 0.224 e. The summed E-state index contributed by atoms with van der Waals surface area (Å²) in [5.74, 6) is 0.925. The Morgan fingerprint density at radius 1 is 1.17 bits per heavy atom. The van der Waals surface area contributed by atoms with Gasteiger partial charge in [-0.2, -0.15) is 9.97 Å². The van der Waals surface area contributed by atoms with Crippen molar-refractivity contribution in [3.63, 3.8) is 0 Å². The lowest BCUT2D eigenvalue weighted by Crippen LogP contribution is -2.13. The summed E-state index contributed by atoms with van der Waals surface area (Å²) in [6.07, 6.45) is 1.58. The molecule has 6 nitrogen and oxygen atoms in total. The zero-order valence-corrected chi connectivity index (χ0v) is 9.83. The number of nitrogens with zero attached hydrogens (tertiary/aromatic N) is 4. The molecule has 0 radical (unpaired) electrons. The molecule has 0 aliphatic rings. The summed E-state index contributed by atoms with van der Waals surface area (Å²) >= 11 is 0. The van der Waals surface area contributed by atoms with Gasteiger partial charge in [-0.15, -0.1) is 0 Å². The molecule has 1 aromatic carbocycles. The van der Waals surface area contributed by atoms with Crippen LogP contribution in [0.5, 0.6) is 0 Å². The van der Waals surface area contributed by atoms with Crippen molar-refractivity contribution < 1.29 is 0 Å². The number of benzene rings is 1. The van der Waals surface area contributed by atoms with Crippen LogP contribution in [-0.4, -0.2) is 27.0 Å². The fraction of sp³-hybridized carbons (Fsp3) is 0.0833. The molecule has 0 aliphatic heterocycles. The van der Waals surface area contributed by atoms with E-state index in [1.165, 1.54) is 0 Å². The predicted octanol–water partition coefficient (Wildman–Crippen LogP) is 1.70. The Bertz CT molecular complexity index is 675. The number of para-hydroxylation sites is 1. The first-order valence-electron chi connectivity index (χ1n) is 5.51. The quantitative estimate of drug-likeness (QED) is 0.712. The normalized spacial score (nSPS) is 10.7. The zero-order valence-electron chi connectivity index (χ0n) is 9.83. The molecule has 0 spiro atoms. The maximum atomic E-state index is 5.70. The number of nitrogens with one attached hydrogen (secondary N) is 1. The second-order valence-corrected chi connectivity index (χ2v) is 3.90. The largest absolute Gasteiger partial charge is 0.368 e. The number of rotatable bonds is 2. The molecule has 0 fully saturated rings. The number of hydrogen-bond acceptors (Lipinski definition) is 5. The smallest absolute Gasteiger partial charge is 0.224 e. The first kappa shape index (κ1) is 10.5. The van der Waals surface area contributed by atoms with Crippen LogP contribution in [0, 0.1) is 0 Å². The van der Waals surface area contributed by atoms with E-state index in [9.17, 15) is 0 Å². The molecular formula is C12H12N6. The minimum absolute atomic E-state index is 0.215. The van der Waals surface area contributed by atoms with Crippen molar-refractivity contribution in [2.24, 2.45) is 0 Å². The molecule has 3 rings (SSSR count). The average molecular weight is 240 g/mol. The third-order valence-electron chi connectivity index (χ3n) is 2.75. The number of anilines is 3. The van der Waals surface area contributed by atoms with Crippen LogP contribution in [0.1, 0.15) is 0 Å². The highest BCUT2D eigenvalue weighted by Crippen LogP contribution is 2.26. The van der Waals surface area contributed by atoms with E-state index in [1.54, 1.807) is 6.33 Å². The molecule has 3 aromatic rings. The molecule has 0 saturated heterocycles. The molecule has 3 N–H and O–H groups in total. The van der Waals surface area contributed by atoms with E-state index in [4.69, 9.17) is 5.73 Å². The van der Waals surface area contributed by atoms with Crippen molar-refractivity contribution in [1.82, 2.24) is 19.9 Å². The van der Waals surface area contributed by atoms with Crippen LogP contribution in [0.3, 0.4) is 0 Å². The highest BCUT2D eigenvalue weighted by molar-refractivity contribution is 5.86. The maximum absolute atomic E-state index is 5.70. The Balaban J connectivity index is 2.17. The Morgan fingerprint density at radius 3 is 2.72 bits per heavy atom. The van der Waals surface area contributed by atoms with E-state index in [0.717, 1.165) is 11.2 Å². The lowest BCUT2D eigenvalue weighted by molar-refractivity contribution is 1.11. The molecule has 2 aromatic heterocycles. The van der Waals surface area contributed by atoms with Gasteiger partial charge in [0.15, 0.2) is 11.5 Å². The monoisotopic (exact) mass is 240 g/mol. The van der Waals surface area contributed by atoms with Crippen molar-refractivity contribution in [3.05, 3.63) is 36.7 Å². The summed E-state index contributed by atoms with van der Waals surface area (Å²) in [5.41, 5.74) is 8.06. The highest BCUT2D eigenvalue weighted by atomic mass is 15.2. The molecular weight excluding hydrogens is 228 g/mol. The lowest BCUT2D eigenvalue weighted by Gasteiger charge is -2.18. The van der Waals surface area contributed by atoms with Gasteiger partial charge < -0.3 is 15.6 Å². The van der Waals surface area contributed by atoms with E-state index in [1.807, 2.05) is 42.3 Å². The lowest BCUT2D eigenvalue weighted by atomic mass is 10.3. The van der Waals surface area contributed by atoms with E-state index in [-0.39, 0.29) is 5.95 Å². The Labute approximate surface area is 104 Å². The SMILES string of the molecule is CN(c1ccccc1)c1nc(N)nc2nc[nH]c12. The van der Waals surface area contributed by atoms with Crippen molar-refractivity contribution in [2.45, 2.75) is 0 Å². The number of hydrogen-bond donors (Lipinski definition) is 2. The van der Waals surface area contributed by atoms with Crippen LogP contribution in [0.15, 0.2) is 36.7 Å². The van der Waals surface area contributed by atoms with Gasteiger partial charge in [0.05, 0.1) is 6.33 Å². The summed E-state index contributed by atoms with van der Waals surface area (Å²) in [4.78, 5) is 17.4. The Kier molecular flexibility index (Phi) is 2.33. The predicted molar refractivity (Wildman–Crippen MR) is 70.6 cm³/mol. The van der Waals surface area contributed by atoms with Crippen molar-refractivity contribution >= 4 is 28.6 Å². The molecule has 0 unspecified atom stereocenters. The topological polar surface area (TPSA) is 83.7 Å². The number of fused-ring (bicyclic) bond motifs is 1. The van der Waals surface area contributed by atoms with Crippen molar-refractivity contribution in [2.75, 3.05) is 17.7 Å². The van der Waals surface area contributed by atoms with Crippen LogP contribution in [0.4, 0.5) is 17.5 Å². The van der Waals surface area contributed by atoms with Crippen molar-refractivity contribution in [1.29, 1.82) is 0 Å². The van der Waals surface area contributed by atoms with Gasteiger partial charge in [0, 0.05) is 12.7 Å². The number of H-pyrrole nitrogens is 1. The van der Waals surface area contributed by atoms with Crippen LogP contribution in [-0.2, 0) is 0 Å². The Hall–Kier alpha value is -2.63. The summed E-state index contributed by atoms with van der Waals surface area (Å²) in [7, 11) is 1.93. The molecule has 90 valence electrons. The van der Waals surface area contributed by atoms with E-state index < -0.39 is 0 Å². The van der Waals surface area contributed by atoms with E-state index in [2.05, 4.69) is 19.9 Å². The van der Waals surface area contributed by atoms with Gasteiger partial charge in [-0.05, 0) is 12.1 Å². The van der Waals surface area contributed by atoms with Gasteiger partial charge in [-0.3, -0.25) is 0 Å². The first-order valence-corrected chi connectivity index (χ1v) is 5.51. The second-order valence-electron chi connectivity index (χ2n) is 3.90. The summed E-state index contributed by atoms with van der Waals surface area (Å²) in [6.45, 7) is 0. The average Bonchev–Trinajstić information content (AvgIpc) is 2.86. The fourth-order valence-electron chi connectivity index (χ4n) is 1.85. The number of imidazole rings is 1. The van der Waals surface area contributed by atoms with Crippen LogP contribution in [0.25, 0.3) is 11.2 Å². The molecule has 0 amide bonds. The van der Waals surface area contributed by atoms with Gasteiger partial charge in [-0.1, -0.05) is 18.2 Å². The number of nitrogen functional groups attached to an aromatic ring is 1. The van der Waals surface area contributed by atoms with Gasteiger partial charge in [-0.25, -0.2) is 4.98 Å². The summed E-state index contributed by atoms with van der Waals surface area (Å²) in [6, 6.07) is 9.92. The van der Waals surface area contributed by atoms with Gasteiger partial charge >= 0.3 is 0 Å². The molecule has 0 aliphatic carbocycles. The Morgan fingerprint density at radius 2 is 1.94 bits per heavy atom. The molecule has 6 heteroatoms. The molecule has 0 saturated carbocycles. The van der Waals surface area contributed by atoms with Gasteiger partial charge in [0.2, 0.25) is 5.95 Å². The van der Waals surface area contributed by atoms with Crippen LogP contribution < -0.4 is 10.6 Å². The van der Waals surface area contributed by atoms with Crippen LogP contribution in [0.2, 0.25) is 0 Å². The van der Waals surface area contributed by atoms with Gasteiger partial charge in [0.1, 0.15) is 5.52 Å². The number of nitrogens with two attached hydrogens (primary N) is 1. The fourth-order valence-corrected chi connectivity index (χ4v) is 1.85. The van der Waals surface area contributed by atoms with Crippen molar-refractivity contribution in [3.8, 4) is 0 Å². The highest BCUT2D eigenvalue weighted by Gasteiger charge is 2.13. The number of aromatic nitrogens is 4. The summed E-state index contributed by atoms with van der Waals surface area (Å²) < 4.78 is 0. The first-order chi connectivity index (χ1) is 8.75. The molecule has 0 atom stereocenters. The number of aromatic amines is 1. The molecule has 2 heterocycles. The summed E-state index contributed by atoms with van der Waals surface area (Å²) in [5, 5.41) is 0. The third kappa shape index (κ3) is 1.64. The zero-order chi connectivity index (χ0) is 12.5.